The molecule has 0 bridgehead atoms. The Balaban J connectivity index is 1.84. The summed E-state index contributed by atoms with van der Waals surface area (Å²) in [5.41, 5.74) is 4.45. The minimum atomic E-state index is -0.206. The van der Waals surface area contributed by atoms with Crippen LogP contribution in [0.5, 0.6) is 0 Å². The highest BCUT2D eigenvalue weighted by Gasteiger charge is 2.04. The molecule has 1 aromatic heterocycles. The van der Waals surface area contributed by atoms with Crippen molar-refractivity contribution in [1.29, 1.82) is 0 Å². The van der Waals surface area contributed by atoms with E-state index in [2.05, 4.69) is 36.4 Å². The third-order valence-electron chi connectivity index (χ3n) is 2.73. The van der Waals surface area contributed by atoms with Crippen molar-refractivity contribution in [2.45, 2.75) is 5.16 Å². The van der Waals surface area contributed by atoms with Crippen molar-refractivity contribution in [3.8, 4) is 0 Å². The normalized spacial score (nSPS) is 10.7. The number of amides is 1. The molecule has 23 heavy (non-hydrogen) atoms. The number of anilines is 1. The average Bonchev–Trinajstić information content (AvgIpc) is 2.53. The van der Waals surface area contributed by atoms with Crippen LogP contribution in [0.1, 0.15) is 5.56 Å². The van der Waals surface area contributed by atoms with Gasteiger partial charge in [-0.25, -0.2) is 15.4 Å². The summed E-state index contributed by atoms with van der Waals surface area (Å²) in [6, 6.07) is 7.59. The predicted molar refractivity (Wildman–Crippen MR) is 97.0 cm³/mol. The van der Waals surface area contributed by atoms with Gasteiger partial charge in [-0.15, -0.1) is 0 Å². The number of thioether (sulfide) groups is 1. The Morgan fingerprint density at radius 1 is 1.39 bits per heavy atom. The van der Waals surface area contributed by atoms with Crippen LogP contribution in [-0.4, -0.2) is 41.9 Å². The quantitative estimate of drug-likeness (QED) is 0.353. The second kappa shape index (κ2) is 8.64. The number of rotatable bonds is 6. The molecule has 0 fully saturated rings. The maximum atomic E-state index is 11.7. The molecule has 0 unspecified atom stereocenters. The Hall–Kier alpha value is -1.93. The van der Waals surface area contributed by atoms with Crippen LogP contribution in [0.25, 0.3) is 0 Å². The summed E-state index contributed by atoms with van der Waals surface area (Å²) in [6.45, 7) is 0. The number of aromatic nitrogens is 2. The molecular formula is C15H16BrN5OS. The standard InChI is InChI=1S/C15H16BrN5OS/c1-21(2)13-5-4-11(8-12(13)16)9-19-20-14(22)10-23-15-17-6-3-7-18-15/h3-9H,10H2,1-2H3,(H,20,22)/b19-9-. The molecule has 0 spiro atoms. The maximum Gasteiger partial charge on any atom is 0.250 e. The van der Waals surface area contributed by atoms with Gasteiger partial charge in [-0.1, -0.05) is 17.8 Å². The van der Waals surface area contributed by atoms with E-state index in [1.165, 1.54) is 11.8 Å². The first-order chi connectivity index (χ1) is 11.1. The Labute approximate surface area is 147 Å². The van der Waals surface area contributed by atoms with Gasteiger partial charge in [-0.3, -0.25) is 4.79 Å². The van der Waals surface area contributed by atoms with Crippen LogP contribution in [0.15, 0.2) is 51.4 Å². The number of nitrogens with zero attached hydrogens (tertiary/aromatic N) is 4. The van der Waals surface area contributed by atoms with Crippen molar-refractivity contribution in [3.63, 3.8) is 0 Å². The largest absolute Gasteiger partial charge is 0.377 e. The van der Waals surface area contributed by atoms with E-state index in [0.29, 0.717) is 5.16 Å². The zero-order valence-electron chi connectivity index (χ0n) is 12.7. The summed E-state index contributed by atoms with van der Waals surface area (Å²) >= 11 is 4.77. The molecule has 1 heterocycles. The van der Waals surface area contributed by atoms with Gasteiger partial charge in [0.2, 0.25) is 0 Å². The van der Waals surface area contributed by atoms with Gasteiger partial charge in [0.15, 0.2) is 5.16 Å². The van der Waals surface area contributed by atoms with Crippen LogP contribution in [0.2, 0.25) is 0 Å². The second-order valence-electron chi connectivity index (χ2n) is 4.72. The van der Waals surface area contributed by atoms with E-state index in [1.807, 2.05) is 37.2 Å². The molecule has 0 aliphatic rings. The number of hydrogen-bond donors (Lipinski definition) is 1. The molecule has 0 aliphatic carbocycles. The number of halogens is 1. The van der Waals surface area contributed by atoms with Gasteiger partial charge in [-0.2, -0.15) is 5.10 Å². The highest BCUT2D eigenvalue weighted by Crippen LogP contribution is 2.25. The fourth-order valence-electron chi connectivity index (χ4n) is 1.67. The lowest BCUT2D eigenvalue weighted by molar-refractivity contribution is -0.118. The molecule has 120 valence electrons. The topological polar surface area (TPSA) is 70.5 Å². The second-order valence-corrected chi connectivity index (χ2v) is 6.52. The minimum Gasteiger partial charge on any atom is -0.377 e. The summed E-state index contributed by atoms with van der Waals surface area (Å²) in [7, 11) is 3.95. The fraction of sp³-hybridized carbons (Fsp3) is 0.200. The third kappa shape index (κ3) is 5.65. The smallest absolute Gasteiger partial charge is 0.250 e. The molecule has 1 aromatic carbocycles. The first-order valence-corrected chi connectivity index (χ1v) is 8.52. The average molecular weight is 394 g/mol. The lowest BCUT2D eigenvalue weighted by Gasteiger charge is -2.14. The minimum absolute atomic E-state index is 0.206. The number of nitrogens with one attached hydrogen (secondary N) is 1. The van der Waals surface area contributed by atoms with E-state index in [9.17, 15) is 4.79 Å². The number of carbonyl (C=O) groups excluding carboxylic acids is 1. The van der Waals surface area contributed by atoms with Gasteiger partial charge in [0.05, 0.1) is 17.7 Å². The SMILES string of the molecule is CN(C)c1ccc(/C=N\NC(=O)CSc2ncccn2)cc1Br. The van der Waals surface area contributed by atoms with E-state index in [0.717, 1.165) is 15.7 Å². The molecule has 0 saturated carbocycles. The lowest BCUT2D eigenvalue weighted by Crippen LogP contribution is -2.19. The molecular weight excluding hydrogens is 378 g/mol. The molecule has 8 heteroatoms. The number of benzene rings is 1. The first kappa shape index (κ1) is 17.4. The van der Waals surface area contributed by atoms with Crippen molar-refractivity contribution < 1.29 is 4.79 Å². The highest BCUT2D eigenvalue weighted by atomic mass is 79.9. The summed E-state index contributed by atoms with van der Waals surface area (Å²) in [6.07, 6.45) is 4.88. The van der Waals surface area contributed by atoms with Crippen LogP contribution in [0.4, 0.5) is 5.69 Å². The highest BCUT2D eigenvalue weighted by molar-refractivity contribution is 9.10. The molecule has 1 amide bonds. The maximum absolute atomic E-state index is 11.7. The van der Waals surface area contributed by atoms with Crippen LogP contribution >= 0.6 is 27.7 Å². The van der Waals surface area contributed by atoms with E-state index in [4.69, 9.17) is 0 Å². The van der Waals surface area contributed by atoms with Crippen molar-refractivity contribution >= 4 is 45.5 Å². The first-order valence-electron chi connectivity index (χ1n) is 6.75. The van der Waals surface area contributed by atoms with Gasteiger partial charge < -0.3 is 4.90 Å². The zero-order chi connectivity index (χ0) is 16.7. The summed E-state index contributed by atoms with van der Waals surface area (Å²) in [5.74, 6) is 0.00706. The van der Waals surface area contributed by atoms with Crippen molar-refractivity contribution in [3.05, 3.63) is 46.7 Å². The Morgan fingerprint density at radius 3 is 2.78 bits per heavy atom. The summed E-state index contributed by atoms with van der Waals surface area (Å²) in [4.78, 5) is 21.8. The number of hydrogen-bond acceptors (Lipinski definition) is 6. The van der Waals surface area contributed by atoms with E-state index >= 15 is 0 Å². The van der Waals surface area contributed by atoms with E-state index in [-0.39, 0.29) is 11.7 Å². The van der Waals surface area contributed by atoms with Gasteiger partial charge >= 0.3 is 0 Å². The summed E-state index contributed by atoms with van der Waals surface area (Å²) < 4.78 is 0.967. The van der Waals surface area contributed by atoms with E-state index in [1.54, 1.807) is 24.7 Å². The Morgan fingerprint density at radius 2 is 2.13 bits per heavy atom. The van der Waals surface area contributed by atoms with Crippen LogP contribution in [0.3, 0.4) is 0 Å². The molecule has 0 saturated heterocycles. The predicted octanol–water partition coefficient (Wildman–Crippen LogP) is 2.55. The van der Waals surface area contributed by atoms with Crippen LogP contribution < -0.4 is 10.3 Å². The summed E-state index contributed by atoms with van der Waals surface area (Å²) in [5, 5.41) is 4.52. The molecule has 0 aliphatic heterocycles. The molecule has 0 radical (unpaired) electrons. The molecule has 2 rings (SSSR count). The Bertz CT molecular complexity index is 694. The van der Waals surface area contributed by atoms with Crippen LogP contribution in [0, 0.1) is 0 Å². The molecule has 6 nitrogen and oxygen atoms in total. The number of carbonyl (C=O) groups is 1. The van der Waals surface area contributed by atoms with Crippen molar-refractivity contribution in [2.24, 2.45) is 5.10 Å². The van der Waals surface area contributed by atoms with Gasteiger partial charge in [0.1, 0.15) is 0 Å². The van der Waals surface area contributed by atoms with E-state index < -0.39 is 0 Å². The third-order valence-corrected chi connectivity index (χ3v) is 4.24. The molecule has 2 aromatic rings. The lowest BCUT2D eigenvalue weighted by atomic mass is 10.2. The number of hydrazone groups is 1. The molecule has 1 N–H and O–H groups in total. The van der Waals surface area contributed by atoms with Gasteiger partial charge in [0, 0.05) is 31.0 Å². The van der Waals surface area contributed by atoms with Crippen molar-refractivity contribution in [2.75, 3.05) is 24.7 Å². The van der Waals surface area contributed by atoms with Crippen molar-refractivity contribution in [1.82, 2.24) is 15.4 Å². The fourth-order valence-corrected chi connectivity index (χ4v) is 3.01. The van der Waals surface area contributed by atoms with Gasteiger partial charge in [0.25, 0.3) is 5.91 Å². The Kier molecular flexibility index (Phi) is 6.54. The monoisotopic (exact) mass is 393 g/mol. The zero-order valence-corrected chi connectivity index (χ0v) is 15.1. The van der Waals surface area contributed by atoms with Crippen LogP contribution in [-0.2, 0) is 4.79 Å². The molecule has 0 atom stereocenters. The van der Waals surface area contributed by atoms with Gasteiger partial charge in [-0.05, 0) is 39.7 Å².